The van der Waals surface area contributed by atoms with Crippen molar-refractivity contribution in [2.45, 2.75) is 13.0 Å². The summed E-state index contributed by atoms with van der Waals surface area (Å²) in [4.78, 5) is 6.26. The second kappa shape index (κ2) is 12.6. The monoisotopic (exact) mass is 528 g/mol. The van der Waals surface area contributed by atoms with E-state index in [1.165, 1.54) is 5.56 Å². The molecule has 0 radical (unpaired) electrons. The number of hydrogen-bond donors (Lipinski definition) is 2. The minimum absolute atomic E-state index is 0. The summed E-state index contributed by atoms with van der Waals surface area (Å²) >= 11 is 0. The number of aliphatic imine (C=N–C) groups is 1. The highest BCUT2D eigenvalue weighted by Gasteiger charge is 2.15. The van der Waals surface area contributed by atoms with Crippen molar-refractivity contribution in [2.75, 3.05) is 51.9 Å². The summed E-state index contributed by atoms with van der Waals surface area (Å²) in [5.41, 5.74) is 2.73. The second-order valence-electron chi connectivity index (χ2n) is 6.84. The van der Waals surface area contributed by atoms with E-state index >= 15 is 0 Å². The molecule has 2 aromatic carbocycles. The maximum atomic E-state index is 14.5. The average molecular weight is 528 g/mol. The van der Waals surface area contributed by atoms with Crippen LogP contribution in [0.2, 0.25) is 0 Å². The van der Waals surface area contributed by atoms with Crippen LogP contribution in [0.15, 0.2) is 47.5 Å². The summed E-state index contributed by atoms with van der Waals surface area (Å²) in [6, 6.07) is 13.4. The van der Waals surface area contributed by atoms with Gasteiger partial charge in [0.1, 0.15) is 11.6 Å². The molecule has 0 spiro atoms. The zero-order chi connectivity index (χ0) is 20.5. The standard InChI is InChI=1S/C22H29FN4O2.HI/c1-24-22(25-10-9-17-3-6-19(28-2)7-4-17)26-16-18-5-8-21(20(23)15-18)27-11-13-29-14-12-27;/h3-8,15H,9-14,16H2,1-2H3,(H2,24,25,26);1H. The van der Waals surface area contributed by atoms with E-state index in [1.54, 1.807) is 20.2 Å². The smallest absolute Gasteiger partial charge is 0.191 e. The topological polar surface area (TPSA) is 58.1 Å². The highest BCUT2D eigenvalue weighted by molar-refractivity contribution is 14.0. The Morgan fingerprint density at radius 1 is 1.10 bits per heavy atom. The van der Waals surface area contributed by atoms with Crippen LogP contribution < -0.4 is 20.3 Å². The van der Waals surface area contributed by atoms with E-state index in [-0.39, 0.29) is 29.8 Å². The van der Waals surface area contributed by atoms with Gasteiger partial charge in [-0.25, -0.2) is 4.39 Å². The molecule has 0 saturated carbocycles. The predicted molar refractivity (Wildman–Crippen MR) is 130 cm³/mol. The fourth-order valence-corrected chi connectivity index (χ4v) is 3.24. The first-order valence-electron chi connectivity index (χ1n) is 9.88. The number of halogens is 2. The van der Waals surface area contributed by atoms with Gasteiger partial charge in [-0.05, 0) is 41.8 Å². The van der Waals surface area contributed by atoms with Gasteiger partial charge in [-0.2, -0.15) is 0 Å². The highest BCUT2D eigenvalue weighted by Crippen LogP contribution is 2.21. The van der Waals surface area contributed by atoms with Gasteiger partial charge in [0.2, 0.25) is 0 Å². The maximum Gasteiger partial charge on any atom is 0.191 e. The third-order valence-electron chi connectivity index (χ3n) is 4.91. The Kier molecular flexibility index (Phi) is 10.2. The van der Waals surface area contributed by atoms with Crippen LogP contribution in [0.1, 0.15) is 11.1 Å². The van der Waals surface area contributed by atoms with E-state index in [9.17, 15) is 4.39 Å². The first kappa shape index (κ1) is 24.2. The van der Waals surface area contributed by atoms with Gasteiger partial charge in [-0.1, -0.05) is 18.2 Å². The van der Waals surface area contributed by atoms with Gasteiger partial charge in [-0.3, -0.25) is 4.99 Å². The molecule has 1 aliphatic rings. The molecule has 0 bridgehead atoms. The second-order valence-corrected chi connectivity index (χ2v) is 6.84. The van der Waals surface area contributed by atoms with Crippen LogP contribution in [0.4, 0.5) is 10.1 Å². The molecule has 8 heteroatoms. The van der Waals surface area contributed by atoms with E-state index in [2.05, 4.69) is 27.8 Å². The predicted octanol–water partition coefficient (Wildman–Crippen LogP) is 3.20. The first-order chi connectivity index (χ1) is 14.2. The van der Waals surface area contributed by atoms with E-state index in [0.29, 0.717) is 31.4 Å². The number of nitrogens with zero attached hydrogens (tertiary/aromatic N) is 2. The number of nitrogens with one attached hydrogen (secondary N) is 2. The van der Waals surface area contributed by atoms with Crippen molar-refractivity contribution in [1.29, 1.82) is 0 Å². The van der Waals surface area contributed by atoms with Crippen LogP contribution in [0.3, 0.4) is 0 Å². The Balaban J connectivity index is 0.00000320. The fourth-order valence-electron chi connectivity index (χ4n) is 3.24. The molecular formula is C22H30FIN4O2. The van der Waals surface area contributed by atoms with Gasteiger partial charge in [0.05, 0.1) is 26.0 Å². The Morgan fingerprint density at radius 2 is 1.80 bits per heavy atom. The van der Waals surface area contributed by atoms with Gasteiger partial charge in [0, 0.05) is 33.2 Å². The van der Waals surface area contributed by atoms with E-state index in [1.807, 2.05) is 29.2 Å². The van der Waals surface area contributed by atoms with Crippen molar-refractivity contribution < 1.29 is 13.9 Å². The SMILES string of the molecule is CN=C(NCCc1ccc(OC)cc1)NCc1ccc(N2CCOCC2)c(F)c1.I. The Labute approximate surface area is 194 Å². The summed E-state index contributed by atoms with van der Waals surface area (Å²) in [5, 5.41) is 6.52. The summed E-state index contributed by atoms with van der Waals surface area (Å²) in [7, 11) is 3.39. The number of ether oxygens (including phenoxy) is 2. The zero-order valence-electron chi connectivity index (χ0n) is 17.5. The molecule has 1 heterocycles. The van der Waals surface area contributed by atoms with E-state index in [0.717, 1.165) is 37.4 Å². The highest BCUT2D eigenvalue weighted by atomic mass is 127. The number of rotatable bonds is 7. The Morgan fingerprint density at radius 3 is 2.43 bits per heavy atom. The van der Waals surface area contributed by atoms with Crippen molar-refractivity contribution in [2.24, 2.45) is 4.99 Å². The lowest BCUT2D eigenvalue weighted by molar-refractivity contribution is 0.122. The first-order valence-corrected chi connectivity index (χ1v) is 9.88. The molecule has 1 fully saturated rings. The summed E-state index contributed by atoms with van der Waals surface area (Å²) < 4.78 is 25.0. The van der Waals surface area contributed by atoms with Crippen molar-refractivity contribution >= 4 is 35.6 Å². The van der Waals surface area contributed by atoms with Crippen molar-refractivity contribution in [3.63, 3.8) is 0 Å². The molecule has 1 saturated heterocycles. The van der Waals surface area contributed by atoms with E-state index < -0.39 is 0 Å². The average Bonchev–Trinajstić information content (AvgIpc) is 2.77. The zero-order valence-corrected chi connectivity index (χ0v) is 19.8. The minimum Gasteiger partial charge on any atom is -0.497 e. The Hall–Kier alpha value is -2.07. The molecule has 0 amide bonds. The molecule has 164 valence electrons. The molecule has 30 heavy (non-hydrogen) atoms. The lowest BCUT2D eigenvalue weighted by atomic mass is 10.1. The number of morpholine rings is 1. The fraction of sp³-hybridized carbons (Fsp3) is 0.409. The molecule has 0 aliphatic carbocycles. The van der Waals surface area contributed by atoms with Crippen LogP contribution in [-0.4, -0.2) is 53.0 Å². The third-order valence-corrected chi connectivity index (χ3v) is 4.91. The van der Waals surface area contributed by atoms with Crippen molar-refractivity contribution in [3.05, 3.63) is 59.4 Å². The molecule has 0 unspecified atom stereocenters. The van der Waals surface area contributed by atoms with Gasteiger partial charge in [-0.15, -0.1) is 24.0 Å². The Bertz CT molecular complexity index is 811. The molecule has 0 atom stereocenters. The summed E-state index contributed by atoms with van der Waals surface area (Å²) in [5.74, 6) is 1.34. The largest absolute Gasteiger partial charge is 0.497 e. The molecular weight excluding hydrogens is 498 g/mol. The van der Waals surface area contributed by atoms with Gasteiger partial charge in [0.15, 0.2) is 5.96 Å². The van der Waals surface area contributed by atoms with Crippen LogP contribution in [0, 0.1) is 5.82 Å². The van der Waals surface area contributed by atoms with Gasteiger partial charge < -0.3 is 25.0 Å². The lowest BCUT2D eigenvalue weighted by Crippen LogP contribution is -2.38. The maximum absolute atomic E-state index is 14.5. The molecule has 0 aromatic heterocycles. The van der Waals surface area contributed by atoms with Crippen LogP contribution >= 0.6 is 24.0 Å². The van der Waals surface area contributed by atoms with Gasteiger partial charge >= 0.3 is 0 Å². The molecule has 2 N–H and O–H groups in total. The molecule has 2 aromatic rings. The number of methoxy groups -OCH3 is 1. The van der Waals surface area contributed by atoms with E-state index in [4.69, 9.17) is 9.47 Å². The number of guanidine groups is 1. The van der Waals surface area contributed by atoms with Crippen LogP contribution in [0.25, 0.3) is 0 Å². The molecule has 6 nitrogen and oxygen atoms in total. The van der Waals surface area contributed by atoms with Crippen LogP contribution in [-0.2, 0) is 17.7 Å². The third kappa shape index (κ3) is 7.02. The lowest BCUT2D eigenvalue weighted by Gasteiger charge is -2.29. The number of benzene rings is 2. The molecule has 3 rings (SSSR count). The molecule has 1 aliphatic heterocycles. The summed E-state index contributed by atoms with van der Waals surface area (Å²) in [6.07, 6.45) is 0.869. The quantitative estimate of drug-likeness (QED) is 0.329. The van der Waals surface area contributed by atoms with Crippen molar-refractivity contribution in [1.82, 2.24) is 10.6 Å². The normalized spacial score (nSPS) is 14.1. The number of hydrogen-bond acceptors (Lipinski definition) is 4. The van der Waals surface area contributed by atoms with Crippen molar-refractivity contribution in [3.8, 4) is 5.75 Å². The summed E-state index contributed by atoms with van der Waals surface area (Å²) in [6.45, 7) is 3.97. The minimum atomic E-state index is -0.200. The van der Waals surface area contributed by atoms with Crippen LogP contribution in [0.5, 0.6) is 5.75 Å². The number of anilines is 1. The van der Waals surface area contributed by atoms with Gasteiger partial charge in [0.25, 0.3) is 0 Å².